The quantitative estimate of drug-likeness (QED) is 0.739. The summed E-state index contributed by atoms with van der Waals surface area (Å²) in [5.74, 6) is -0.851. The van der Waals surface area contributed by atoms with Crippen molar-refractivity contribution in [2.24, 2.45) is 0 Å². The lowest BCUT2D eigenvalue weighted by Gasteiger charge is -2.30. The predicted octanol–water partition coefficient (Wildman–Crippen LogP) is 3.89. The van der Waals surface area contributed by atoms with E-state index in [2.05, 4.69) is 4.72 Å². The van der Waals surface area contributed by atoms with Gasteiger partial charge in [0.25, 0.3) is 10.0 Å². The van der Waals surface area contributed by atoms with E-state index in [4.69, 9.17) is 0 Å². The van der Waals surface area contributed by atoms with Crippen LogP contribution in [0.4, 0.5) is 10.1 Å². The maximum atomic E-state index is 13.9. The van der Waals surface area contributed by atoms with E-state index in [0.29, 0.717) is 5.56 Å². The molecule has 3 rings (SSSR count). The van der Waals surface area contributed by atoms with Crippen molar-refractivity contribution >= 4 is 25.7 Å². The normalized spacial score (nSPS) is 16.1. The van der Waals surface area contributed by atoms with Crippen LogP contribution < -0.4 is 4.72 Å². The lowest BCUT2D eigenvalue weighted by Crippen LogP contribution is -2.38. The molecule has 0 spiro atoms. The van der Waals surface area contributed by atoms with Crippen molar-refractivity contribution in [3.8, 4) is 0 Å². The second-order valence-corrected chi connectivity index (χ2v) is 11.0. The van der Waals surface area contributed by atoms with Gasteiger partial charge in [-0.05, 0) is 61.7 Å². The molecule has 1 saturated carbocycles. The number of hydrogen-bond acceptors (Lipinski definition) is 4. The van der Waals surface area contributed by atoms with Gasteiger partial charge in [0, 0.05) is 18.8 Å². The lowest BCUT2D eigenvalue weighted by molar-refractivity contribution is 0.286. The topological polar surface area (TPSA) is 83.5 Å². The highest BCUT2D eigenvalue weighted by Crippen LogP contribution is 2.27. The molecule has 6 nitrogen and oxygen atoms in total. The van der Waals surface area contributed by atoms with Crippen molar-refractivity contribution < 1.29 is 21.2 Å². The highest BCUT2D eigenvalue weighted by molar-refractivity contribution is 7.92. The van der Waals surface area contributed by atoms with Gasteiger partial charge in [-0.1, -0.05) is 25.3 Å². The Morgan fingerprint density at radius 3 is 2.21 bits per heavy atom. The number of aryl methyl sites for hydroxylation is 1. The Kier molecular flexibility index (Phi) is 6.30. The Bertz CT molecular complexity index is 1080. The Hall–Kier alpha value is -1.97. The first-order chi connectivity index (χ1) is 13.6. The summed E-state index contributed by atoms with van der Waals surface area (Å²) in [6.07, 6.45) is 4.84. The number of nitrogens with zero attached hydrogens (tertiary/aromatic N) is 1. The zero-order valence-corrected chi connectivity index (χ0v) is 18.1. The van der Waals surface area contributed by atoms with Crippen molar-refractivity contribution in [2.45, 2.75) is 54.9 Å². The van der Waals surface area contributed by atoms with Gasteiger partial charge in [-0.25, -0.2) is 21.2 Å². The minimum Gasteiger partial charge on any atom is -0.280 e. The summed E-state index contributed by atoms with van der Waals surface area (Å²) in [5.41, 5.74) is 0.768. The number of nitrogens with one attached hydrogen (secondary N) is 1. The molecule has 0 unspecified atom stereocenters. The van der Waals surface area contributed by atoms with Crippen LogP contribution >= 0.6 is 0 Å². The number of halogens is 1. The van der Waals surface area contributed by atoms with E-state index in [1.165, 1.54) is 40.7 Å². The first kappa shape index (κ1) is 21.7. The molecule has 2 aromatic carbocycles. The van der Waals surface area contributed by atoms with Gasteiger partial charge in [-0.3, -0.25) is 4.72 Å². The summed E-state index contributed by atoms with van der Waals surface area (Å²) in [6.45, 7) is 1.67. The number of hydrogen-bond donors (Lipinski definition) is 1. The first-order valence-corrected chi connectivity index (χ1v) is 12.4. The summed E-state index contributed by atoms with van der Waals surface area (Å²) < 4.78 is 68.4. The zero-order valence-electron chi connectivity index (χ0n) is 16.4. The highest BCUT2D eigenvalue weighted by atomic mass is 32.2. The Morgan fingerprint density at radius 2 is 1.59 bits per heavy atom. The van der Waals surface area contributed by atoms with Crippen LogP contribution in [0.15, 0.2) is 52.3 Å². The average molecular weight is 441 g/mol. The molecule has 0 radical (unpaired) electrons. The van der Waals surface area contributed by atoms with Crippen molar-refractivity contribution in [1.82, 2.24) is 4.31 Å². The molecule has 158 valence electrons. The van der Waals surface area contributed by atoms with E-state index < -0.39 is 30.8 Å². The second-order valence-electron chi connectivity index (χ2n) is 7.38. The fraction of sp³-hybridized carbons (Fsp3) is 0.400. The standard InChI is InChI=1S/C20H25FN2O4S2/c1-15-8-13-19(21)20(14-15)28(24,25)22-16-9-11-18(12-10-16)29(26,27)23(2)17-6-4-3-5-7-17/h8-14,17,22H,3-7H2,1-2H3. The van der Waals surface area contributed by atoms with Gasteiger partial charge >= 0.3 is 0 Å². The molecule has 2 aromatic rings. The van der Waals surface area contributed by atoms with Crippen LogP contribution in [0.3, 0.4) is 0 Å². The van der Waals surface area contributed by atoms with Crippen LogP contribution in [-0.2, 0) is 20.0 Å². The van der Waals surface area contributed by atoms with Crippen LogP contribution in [-0.4, -0.2) is 34.2 Å². The first-order valence-electron chi connectivity index (χ1n) is 9.48. The van der Waals surface area contributed by atoms with Gasteiger partial charge < -0.3 is 0 Å². The fourth-order valence-electron chi connectivity index (χ4n) is 3.53. The summed E-state index contributed by atoms with van der Waals surface area (Å²) in [6, 6.07) is 9.27. The van der Waals surface area contributed by atoms with Crippen LogP contribution in [0, 0.1) is 12.7 Å². The minimum absolute atomic E-state index is 0.0174. The van der Waals surface area contributed by atoms with Crippen LogP contribution in [0.2, 0.25) is 0 Å². The molecule has 0 saturated heterocycles. The molecule has 1 aliphatic carbocycles. The molecule has 29 heavy (non-hydrogen) atoms. The monoisotopic (exact) mass is 440 g/mol. The number of anilines is 1. The summed E-state index contributed by atoms with van der Waals surface area (Å²) >= 11 is 0. The zero-order chi connectivity index (χ0) is 21.2. The van der Waals surface area contributed by atoms with E-state index in [0.717, 1.165) is 38.2 Å². The van der Waals surface area contributed by atoms with Gasteiger partial charge in [-0.2, -0.15) is 4.31 Å². The maximum Gasteiger partial charge on any atom is 0.264 e. The maximum absolute atomic E-state index is 13.9. The second kappa shape index (κ2) is 8.41. The highest BCUT2D eigenvalue weighted by Gasteiger charge is 2.29. The molecule has 1 fully saturated rings. The Labute approximate surface area is 171 Å². The van der Waals surface area contributed by atoms with E-state index in [-0.39, 0.29) is 16.6 Å². The molecule has 1 aliphatic rings. The molecule has 0 amide bonds. The molecule has 0 bridgehead atoms. The van der Waals surface area contributed by atoms with Crippen LogP contribution in [0.1, 0.15) is 37.7 Å². The van der Waals surface area contributed by atoms with Crippen LogP contribution in [0.25, 0.3) is 0 Å². The third kappa shape index (κ3) is 4.79. The Balaban J connectivity index is 1.80. The van der Waals surface area contributed by atoms with Crippen molar-refractivity contribution in [2.75, 3.05) is 11.8 Å². The van der Waals surface area contributed by atoms with E-state index >= 15 is 0 Å². The van der Waals surface area contributed by atoms with Gasteiger partial charge in [0.2, 0.25) is 10.0 Å². The predicted molar refractivity (Wildman–Crippen MR) is 110 cm³/mol. The molecule has 0 aromatic heterocycles. The minimum atomic E-state index is -4.13. The fourth-order valence-corrected chi connectivity index (χ4v) is 6.17. The summed E-state index contributed by atoms with van der Waals surface area (Å²) in [7, 11) is -6.21. The third-order valence-corrected chi connectivity index (χ3v) is 8.57. The van der Waals surface area contributed by atoms with Crippen molar-refractivity contribution in [3.63, 3.8) is 0 Å². The summed E-state index contributed by atoms with van der Waals surface area (Å²) in [4.78, 5) is -0.360. The Morgan fingerprint density at radius 1 is 0.966 bits per heavy atom. The van der Waals surface area contributed by atoms with Crippen molar-refractivity contribution in [1.29, 1.82) is 0 Å². The SMILES string of the molecule is Cc1ccc(F)c(S(=O)(=O)Nc2ccc(S(=O)(=O)N(C)C3CCCCC3)cc2)c1. The van der Waals surface area contributed by atoms with E-state index in [9.17, 15) is 21.2 Å². The molecule has 1 N–H and O–H groups in total. The van der Waals surface area contributed by atoms with E-state index in [1.54, 1.807) is 14.0 Å². The summed E-state index contributed by atoms with van der Waals surface area (Å²) in [5, 5.41) is 0. The van der Waals surface area contributed by atoms with Gasteiger partial charge in [-0.15, -0.1) is 0 Å². The smallest absolute Gasteiger partial charge is 0.264 e. The number of benzene rings is 2. The average Bonchev–Trinajstić information content (AvgIpc) is 2.70. The molecule has 0 aliphatic heterocycles. The molecular formula is C20H25FN2O4S2. The van der Waals surface area contributed by atoms with Gasteiger partial charge in [0.1, 0.15) is 10.7 Å². The lowest BCUT2D eigenvalue weighted by atomic mass is 9.96. The van der Waals surface area contributed by atoms with E-state index in [1.807, 2.05) is 0 Å². The van der Waals surface area contributed by atoms with Gasteiger partial charge in [0.05, 0.1) is 4.90 Å². The molecule has 9 heteroatoms. The molecular weight excluding hydrogens is 415 g/mol. The van der Waals surface area contributed by atoms with Crippen LogP contribution in [0.5, 0.6) is 0 Å². The van der Waals surface area contributed by atoms with Crippen molar-refractivity contribution in [3.05, 3.63) is 53.8 Å². The molecule has 0 heterocycles. The largest absolute Gasteiger partial charge is 0.280 e. The molecule has 0 atom stereocenters. The van der Waals surface area contributed by atoms with Gasteiger partial charge in [0.15, 0.2) is 0 Å². The number of rotatable bonds is 6. The third-order valence-electron chi connectivity index (χ3n) is 5.25. The number of sulfonamides is 2.